The van der Waals surface area contributed by atoms with E-state index in [9.17, 15) is 8.42 Å². The molecule has 0 atom stereocenters. The van der Waals surface area contributed by atoms with Crippen molar-refractivity contribution in [2.45, 2.75) is 13.5 Å². The summed E-state index contributed by atoms with van der Waals surface area (Å²) in [5.41, 5.74) is 7.73. The Morgan fingerprint density at radius 2 is 2.24 bits per heavy atom. The first-order valence-electron chi connectivity index (χ1n) is 4.91. The quantitative estimate of drug-likeness (QED) is 0.781. The number of sulfonamides is 1. The van der Waals surface area contributed by atoms with E-state index in [1.807, 2.05) is 6.92 Å². The van der Waals surface area contributed by atoms with E-state index in [0.717, 1.165) is 11.9 Å². The third kappa shape index (κ3) is 2.71. The minimum Gasteiger partial charge on any atom is -0.382 e. The summed E-state index contributed by atoms with van der Waals surface area (Å²) < 4.78 is 26.0. The van der Waals surface area contributed by atoms with E-state index in [2.05, 4.69) is 14.8 Å². The van der Waals surface area contributed by atoms with Gasteiger partial charge in [0.25, 0.3) is 0 Å². The van der Waals surface area contributed by atoms with Gasteiger partial charge in [-0.2, -0.15) is 0 Å². The van der Waals surface area contributed by atoms with Crippen molar-refractivity contribution in [3.05, 3.63) is 23.5 Å². The van der Waals surface area contributed by atoms with Crippen LogP contribution in [0.5, 0.6) is 0 Å². The SMILES string of the molecule is Cc1cn2nc(N)cc(CNS(C)(=O)=O)c2n1. The molecule has 0 aromatic carbocycles. The molecular weight excluding hydrogens is 242 g/mol. The van der Waals surface area contributed by atoms with Gasteiger partial charge in [0, 0.05) is 12.1 Å². The van der Waals surface area contributed by atoms with Crippen molar-refractivity contribution in [1.29, 1.82) is 0 Å². The number of aryl methyl sites for hydroxylation is 1. The molecule has 0 unspecified atom stereocenters. The molecule has 0 amide bonds. The number of fused-ring (bicyclic) bond motifs is 1. The average Bonchev–Trinajstić information content (AvgIpc) is 2.53. The van der Waals surface area contributed by atoms with Gasteiger partial charge < -0.3 is 5.73 Å². The maximum Gasteiger partial charge on any atom is 0.209 e. The molecule has 3 N–H and O–H groups in total. The van der Waals surface area contributed by atoms with Gasteiger partial charge in [-0.1, -0.05) is 0 Å². The number of nitrogen functional groups attached to an aromatic ring is 1. The van der Waals surface area contributed by atoms with Crippen LogP contribution >= 0.6 is 0 Å². The van der Waals surface area contributed by atoms with E-state index in [1.165, 1.54) is 0 Å². The van der Waals surface area contributed by atoms with E-state index < -0.39 is 10.0 Å². The normalized spacial score (nSPS) is 12.1. The Hall–Kier alpha value is -1.67. The fraction of sp³-hybridized carbons (Fsp3) is 0.333. The van der Waals surface area contributed by atoms with Crippen molar-refractivity contribution < 1.29 is 8.42 Å². The lowest BCUT2D eigenvalue weighted by Crippen LogP contribution is -2.22. The van der Waals surface area contributed by atoms with Crippen molar-refractivity contribution in [1.82, 2.24) is 19.3 Å². The predicted octanol–water partition coefficient (Wildman–Crippen LogP) is -0.331. The van der Waals surface area contributed by atoms with Crippen LogP contribution in [-0.4, -0.2) is 29.3 Å². The van der Waals surface area contributed by atoms with Gasteiger partial charge in [0.15, 0.2) is 5.65 Å². The molecule has 2 rings (SSSR count). The molecule has 2 aromatic heterocycles. The number of hydrogen-bond acceptors (Lipinski definition) is 5. The standard InChI is InChI=1S/C9H13N5O2S/c1-6-5-14-9(12-6)7(3-8(10)13-14)4-11-17(2,15)16/h3,5,11H,4H2,1-2H3,(H2,10,13). The molecule has 8 heteroatoms. The van der Waals surface area contributed by atoms with Crippen LogP contribution in [0.1, 0.15) is 11.3 Å². The molecule has 0 fully saturated rings. The summed E-state index contributed by atoms with van der Waals surface area (Å²) in [6.07, 6.45) is 2.83. The van der Waals surface area contributed by atoms with Crippen molar-refractivity contribution in [2.24, 2.45) is 0 Å². The fourth-order valence-corrected chi connectivity index (χ4v) is 1.93. The zero-order valence-corrected chi connectivity index (χ0v) is 10.3. The number of nitrogens with one attached hydrogen (secondary N) is 1. The second-order valence-corrected chi connectivity index (χ2v) is 5.67. The average molecular weight is 255 g/mol. The Morgan fingerprint density at radius 1 is 1.53 bits per heavy atom. The first kappa shape index (κ1) is 11.8. The summed E-state index contributed by atoms with van der Waals surface area (Å²) in [6, 6.07) is 1.61. The van der Waals surface area contributed by atoms with Gasteiger partial charge in [-0.05, 0) is 13.0 Å². The van der Waals surface area contributed by atoms with Crippen molar-refractivity contribution in [2.75, 3.05) is 12.0 Å². The smallest absolute Gasteiger partial charge is 0.209 e. The van der Waals surface area contributed by atoms with E-state index in [4.69, 9.17) is 5.73 Å². The molecule has 0 radical (unpaired) electrons. The maximum absolute atomic E-state index is 11.0. The fourth-order valence-electron chi connectivity index (χ4n) is 1.52. The minimum atomic E-state index is -3.25. The zero-order valence-electron chi connectivity index (χ0n) is 9.51. The van der Waals surface area contributed by atoms with Gasteiger partial charge in [-0.15, -0.1) is 5.10 Å². The van der Waals surface area contributed by atoms with Crippen LogP contribution in [0.2, 0.25) is 0 Å². The number of hydrogen-bond donors (Lipinski definition) is 2. The Morgan fingerprint density at radius 3 is 2.88 bits per heavy atom. The van der Waals surface area contributed by atoms with Gasteiger partial charge in [0.05, 0.1) is 18.1 Å². The maximum atomic E-state index is 11.0. The predicted molar refractivity (Wildman–Crippen MR) is 63.8 cm³/mol. The van der Waals surface area contributed by atoms with Gasteiger partial charge in [-0.3, -0.25) is 0 Å². The summed E-state index contributed by atoms with van der Waals surface area (Å²) >= 11 is 0. The molecule has 7 nitrogen and oxygen atoms in total. The number of rotatable bonds is 3. The highest BCUT2D eigenvalue weighted by molar-refractivity contribution is 7.88. The molecule has 0 saturated heterocycles. The molecule has 0 aliphatic carbocycles. The van der Waals surface area contributed by atoms with Crippen molar-refractivity contribution in [3.8, 4) is 0 Å². The van der Waals surface area contributed by atoms with Crippen LogP contribution in [0.4, 0.5) is 5.82 Å². The molecular formula is C9H13N5O2S. The van der Waals surface area contributed by atoms with Crippen LogP contribution in [0, 0.1) is 6.92 Å². The van der Waals surface area contributed by atoms with E-state index >= 15 is 0 Å². The monoisotopic (exact) mass is 255 g/mol. The molecule has 0 bridgehead atoms. The van der Waals surface area contributed by atoms with Gasteiger partial charge in [-0.25, -0.2) is 22.6 Å². The molecule has 0 spiro atoms. The Labute approximate surface area is 98.7 Å². The van der Waals surface area contributed by atoms with E-state index in [-0.39, 0.29) is 6.54 Å². The van der Waals surface area contributed by atoms with Crippen molar-refractivity contribution in [3.63, 3.8) is 0 Å². The Bertz CT molecular complexity index is 661. The molecule has 92 valence electrons. The molecule has 0 aliphatic heterocycles. The Balaban J connectivity index is 2.45. The van der Waals surface area contributed by atoms with Crippen LogP contribution < -0.4 is 10.5 Å². The number of imidazole rings is 1. The van der Waals surface area contributed by atoms with Crippen LogP contribution in [0.3, 0.4) is 0 Å². The summed E-state index contributed by atoms with van der Waals surface area (Å²) in [4.78, 5) is 4.26. The summed E-state index contributed by atoms with van der Waals surface area (Å²) in [5.74, 6) is 0.320. The summed E-state index contributed by atoms with van der Waals surface area (Å²) in [6.45, 7) is 1.98. The molecule has 2 aromatic rings. The largest absolute Gasteiger partial charge is 0.382 e. The first-order valence-corrected chi connectivity index (χ1v) is 6.80. The lowest BCUT2D eigenvalue weighted by molar-refractivity contribution is 0.587. The number of anilines is 1. The summed E-state index contributed by atoms with van der Waals surface area (Å²) in [5, 5.41) is 4.06. The number of aromatic nitrogens is 3. The zero-order chi connectivity index (χ0) is 12.6. The third-order valence-electron chi connectivity index (χ3n) is 2.17. The molecule has 2 heterocycles. The molecule has 17 heavy (non-hydrogen) atoms. The highest BCUT2D eigenvalue weighted by atomic mass is 32.2. The topological polar surface area (TPSA) is 102 Å². The Kier molecular flexibility index (Phi) is 2.76. The van der Waals surface area contributed by atoms with Gasteiger partial charge >= 0.3 is 0 Å². The summed E-state index contributed by atoms with van der Waals surface area (Å²) in [7, 11) is -3.25. The van der Waals surface area contributed by atoms with Crippen LogP contribution in [0.25, 0.3) is 5.65 Å². The first-order chi connectivity index (χ1) is 7.85. The van der Waals surface area contributed by atoms with Crippen LogP contribution in [-0.2, 0) is 16.6 Å². The minimum absolute atomic E-state index is 0.144. The lowest BCUT2D eigenvalue weighted by Gasteiger charge is -2.05. The molecule has 0 aliphatic rings. The molecule has 0 saturated carbocycles. The lowest BCUT2D eigenvalue weighted by atomic mass is 10.3. The second-order valence-electron chi connectivity index (χ2n) is 3.84. The van der Waals surface area contributed by atoms with Gasteiger partial charge in [0.1, 0.15) is 5.82 Å². The highest BCUT2D eigenvalue weighted by Gasteiger charge is 2.09. The highest BCUT2D eigenvalue weighted by Crippen LogP contribution is 2.12. The number of nitrogens with two attached hydrogens (primary N) is 1. The van der Waals surface area contributed by atoms with E-state index in [0.29, 0.717) is 17.0 Å². The van der Waals surface area contributed by atoms with Gasteiger partial charge in [0.2, 0.25) is 10.0 Å². The van der Waals surface area contributed by atoms with E-state index in [1.54, 1.807) is 16.8 Å². The third-order valence-corrected chi connectivity index (χ3v) is 2.83. The second kappa shape index (κ2) is 3.97. The van der Waals surface area contributed by atoms with Crippen molar-refractivity contribution >= 4 is 21.5 Å². The van der Waals surface area contributed by atoms with Crippen LogP contribution in [0.15, 0.2) is 12.3 Å². The number of nitrogens with zero attached hydrogens (tertiary/aromatic N) is 3.